The molecule has 32 heavy (non-hydrogen) atoms. The summed E-state index contributed by atoms with van der Waals surface area (Å²) in [5.41, 5.74) is 2.42. The largest absolute Gasteiger partial charge is 0.379 e. The number of ether oxygens (including phenoxy) is 1. The lowest BCUT2D eigenvalue weighted by atomic mass is 10.0. The number of rotatable bonds is 8. The van der Waals surface area contributed by atoms with Gasteiger partial charge in [-0.1, -0.05) is 30.3 Å². The van der Waals surface area contributed by atoms with Crippen molar-refractivity contribution in [3.8, 4) is 11.3 Å². The number of nitrogens with one attached hydrogen (secondary N) is 2. The summed E-state index contributed by atoms with van der Waals surface area (Å²) in [4.78, 5) is 14.4. The molecule has 0 saturated carbocycles. The van der Waals surface area contributed by atoms with Gasteiger partial charge in [-0.3, -0.25) is 14.4 Å². The molecule has 2 heterocycles. The third-order valence-corrected chi connectivity index (χ3v) is 7.07. The van der Waals surface area contributed by atoms with Gasteiger partial charge in [0.2, 0.25) is 10.0 Å². The van der Waals surface area contributed by atoms with Crippen molar-refractivity contribution in [2.45, 2.75) is 19.8 Å². The molecule has 0 bridgehead atoms. The van der Waals surface area contributed by atoms with Crippen molar-refractivity contribution in [2.24, 2.45) is 0 Å². The summed E-state index contributed by atoms with van der Waals surface area (Å²) in [6.45, 7) is 6.05. The van der Waals surface area contributed by atoms with Gasteiger partial charge in [0.25, 0.3) is 5.56 Å². The maximum absolute atomic E-state index is 12.7. The normalized spacial score (nSPS) is 15.2. The van der Waals surface area contributed by atoms with Crippen molar-refractivity contribution in [3.63, 3.8) is 0 Å². The van der Waals surface area contributed by atoms with Gasteiger partial charge in [-0.2, -0.15) is 5.10 Å². The van der Waals surface area contributed by atoms with E-state index in [-0.39, 0.29) is 11.3 Å². The summed E-state index contributed by atoms with van der Waals surface area (Å²) >= 11 is 0. The van der Waals surface area contributed by atoms with Crippen LogP contribution in [0.1, 0.15) is 18.4 Å². The number of H-pyrrole nitrogens is 1. The van der Waals surface area contributed by atoms with Gasteiger partial charge in [0, 0.05) is 24.0 Å². The first-order valence-electron chi connectivity index (χ1n) is 10.8. The summed E-state index contributed by atoms with van der Waals surface area (Å²) < 4.78 is 33.5. The minimum atomic E-state index is -3.48. The first kappa shape index (κ1) is 22.4. The second-order valence-electron chi connectivity index (χ2n) is 8.06. The van der Waals surface area contributed by atoms with Gasteiger partial charge in [-0.05, 0) is 44.0 Å². The number of unbranched alkanes of at least 4 members (excludes halogenated alkanes) is 1. The quantitative estimate of drug-likeness (QED) is 0.505. The molecule has 0 spiro atoms. The van der Waals surface area contributed by atoms with Gasteiger partial charge in [0.15, 0.2) is 0 Å². The monoisotopic (exact) mass is 456 g/mol. The number of aromatic amines is 1. The van der Waals surface area contributed by atoms with E-state index in [2.05, 4.69) is 19.8 Å². The molecule has 0 amide bonds. The van der Waals surface area contributed by atoms with Crippen LogP contribution in [-0.4, -0.2) is 62.1 Å². The van der Waals surface area contributed by atoms with Gasteiger partial charge in [0.1, 0.15) is 0 Å². The molecule has 4 rings (SSSR count). The Balaban J connectivity index is 1.47. The number of fused-ring (bicyclic) bond motifs is 1. The second kappa shape index (κ2) is 9.81. The van der Waals surface area contributed by atoms with Crippen LogP contribution in [0.5, 0.6) is 0 Å². The number of hydrogen-bond donors (Lipinski definition) is 2. The van der Waals surface area contributed by atoms with E-state index in [0.717, 1.165) is 55.8 Å². The number of nitrogens with zero attached hydrogens (tertiary/aromatic N) is 2. The molecule has 9 heteroatoms. The molecule has 8 nitrogen and oxygen atoms in total. The van der Waals surface area contributed by atoms with Gasteiger partial charge in [-0.15, -0.1) is 0 Å². The third-order valence-electron chi connectivity index (χ3n) is 5.71. The highest BCUT2D eigenvalue weighted by atomic mass is 32.2. The summed E-state index contributed by atoms with van der Waals surface area (Å²) in [7, 11) is -3.48. The van der Waals surface area contributed by atoms with Crippen molar-refractivity contribution < 1.29 is 13.2 Å². The van der Waals surface area contributed by atoms with E-state index in [9.17, 15) is 13.2 Å². The fourth-order valence-corrected chi connectivity index (χ4v) is 5.13. The standard InChI is InChI=1S/C23H28N4O4S/c1-17-8-9-18(22-19-6-2-3-7-20(19)23(28)25-24-22)16-21(17)26-32(29,30)15-5-4-10-27-11-13-31-14-12-27/h2-3,6-9,16,26H,4-5,10-15H2,1H3,(H,25,28). The zero-order valence-corrected chi connectivity index (χ0v) is 19.0. The highest BCUT2D eigenvalue weighted by molar-refractivity contribution is 7.92. The summed E-state index contributed by atoms with van der Waals surface area (Å²) in [6.07, 6.45) is 1.42. The Morgan fingerprint density at radius 2 is 1.84 bits per heavy atom. The van der Waals surface area contributed by atoms with Crippen molar-refractivity contribution in [2.75, 3.05) is 43.3 Å². The maximum Gasteiger partial charge on any atom is 0.272 e. The molecule has 1 aliphatic heterocycles. The minimum Gasteiger partial charge on any atom is -0.379 e. The number of morpholine rings is 1. The van der Waals surface area contributed by atoms with Crippen LogP contribution in [-0.2, 0) is 14.8 Å². The average Bonchev–Trinajstić information content (AvgIpc) is 2.79. The van der Waals surface area contributed by atoms with Crippen LogP contribution in [0, 0.1) is 6.92 Å². The molecular weight excluding hydrogens is 428 g/mol. The van der Waals surface area contributed by atoms with Crippen molar-refractivity contribution in [3.05, 3.63) is 58.4 Å². The lowest BCUT2D eigenvalue weighted by molar-refractivity contribution is 0.0373. The van der Waals surface area contributed by atoms with Gasteiger partial charge in [0.05, 0.1) is 35.7 Å². The molecule has 0 aliphatic carbocycles. The molecule has 0 unspecified atom stereocenters. The Morgan fingerprint density at radius 3 is 2.62 bits per heavy atom. The van der Waals surface area contributed by atoms with Crippen LogP contribution in [0.2, 0.25) is 0 Å². The average molecular weight is 457 g/mol. The van der Waals surface area contributed by atoms with Crippen molar-refractivity contribution in [1.82, 2.24) is 15.1 Å². The fourth-order valence-electron chi connectivity index (χ4n) is 3.88. The van der Waals surface area contributed by atoms with Crippen molar-refractivity contribution >= 4 is 26.5 Å². The van der Waals surface area contributed by atoms with E-state index in [1.807, 2.05) is 31.2 Å². The lowest BCUT2D eigenvalue weighted by Gasteiger charge is -2.26. The van der Waals surface area contributed by atoms with Crippen LogP contribution in [0.3, 0.4) is 0 Å². The van der Waals surface area contributed by atoms with Crippen LogP contribution < -0.4 is 10.3 Å². The number of hydrogen-bond acceptors (Lipinski definition) is 6. The van der Waals surface area contributed by atoms with Crippen LogP contribution in [0.15, 0.2) is 47.3 Å². The smallest absolute Gasteiger partial charge is 0.272 e. The number of anilines is 1. The van der Waals surface area contributed by atoms with Crippen LogP contribution in [0.25, 0.3) is 22.0 Å². The lowest BCUT2D eigenvalue weighted by Crippen LogP contribution is -2.37. The molecule has 2 N–H and O–H groups in total. The summed E-state index contributed by atoms with van der Waals surface area (Å²) in [6, 6.07) is 12.7. The minimum absolute atomic E-state index is 0.0703. The summed E-state index contributed by atoms with van der Waals surface area (Å²) in [5.74, 6) is 0.0703. The SMILES string of the molecule is Cc1ccc(-c2n[nH]c(=O)c3ccccc23)cc1NS(=O)(=O)CCCCN1CCOCC1. The molecule has 1 aromatic heterocycles. The number of aromatic nitrogens is 2. The predicted octanol–water partition coefficient (Wildman–Crippen LogP) is 2.75. The Bertz CT molecular complexity index is 1250. The van der Waals surface area contributed by atoms with Crippen LogP contribution >= 0.6 is 0 Å². The van der Waals surface area contributed by atoms with E-state index in [4.69, 9.17) is 4.74 Å². The molecule has 2 aromatic carbocycles. The summed E-state index contributed by atoms with van der Waals surface area (Å²) in [5, 5.41) is 8.01. The van der Waals surface area contributed by atoms with E-state index in [0.29, 0.717) is 23.2 Å². The second-order valence-corrected chi connectivity index (χ2v) is 9.90. The highest BCUT2D eigenvalue weighted by Crippen LogP contribution is 2.28. The zero-order chi connectivity index (χ0) is 22.6. The van der Waals surface area contributed by atoms with Gasteiger partial charge in [-0.25, -0.2) is 13.5 Å². The molecular formula is C23H28N4O4S. The van der Waals surface area contributed by atoms with Crippen molar-refractivity contribution in [1.29, 1.82) is 0 Å². The molecule has 1 saturated heterocycles. The topological polar surface area (TPSA) is 104 Å². The van der Waals surface area contributed by atoms with E-state index in [1.165, 1.54) is 0 Å². The molecule has 0 atom stereocenters. The molecule has 3 aromatic rings. The van der Waals surface area contributed by atoms with E-state index in [1.54, 1.807) is 18.2 Å². The van der Waals surface area contributed by atoms with Gasteiger partial charge < -0.3 is 4.74 Å². The first-order valence-corrected chi connectivity index (χ1v) is 12.5. The fraction of sp³-hybridized carbons (Fsp3) is 0.391. The first-order chi connectivity index (χ1) is 15.4. The highest BCUT2D eigenvalue weighted by Gasteiger charge is 2.15. The molecule has 0 radical (unpaired) electrons. The Labute approximate surface area is 187 Å². The number of aryl methyl sites for hydroxylation is 1. The Hall–Kier alpha value is -2.75. The molecule has 1 aliphatic rings. The van der Waals surface area contributed by atoms with Crippen LogP contribution in [0.4, 0.5) is 5.69 Å². The number of benzene rings is 2. The molecule has 1 fully saturated rings. The predicted molar refractivity (Wildman–Crippen MR) is 126 cm³/mol. The Morgan fingerprint density at radius 1 is 1.09 bits per heavy atom. The van der Waals surface area contributed by atoms with E-state index < -0.39 is 10.0 Å². The van der Waals surface area contributed by atoms with E-state index >= 15 is 0 Å². The maximum atomic E-state index is 12.7. The Kier molecular flexibility index (Phi) is 6.88. The zero-order valence-electron chi connectivity index (χ0n) is 18.1. The van der Waals surface area contributed by atoms with Gasteiger partial charge >= 0.3 is 0 Å². The molecule has 170 valence electrons. The third kappa shape index (κ3) is 5.35. The number of sulfonamides is 1.